The largest absolute Gasteiger partial charge is 0.465 e. The van der Waals surface area contributed by atoms with Gasteiger partial charge in [0.2, 0.25) is 0 Å². The summed E-state index contributed by atoms with van der Waals surface area (Å²) in [6.45, 7) is 0. The summed E-state index contributed by atoms with van der Waals surface area (Å²) in [6, 6.07) is 1.79. The van der Waals surface area contributed by atoms with Crippen molar-refractivity contribution in [2.75, 3.05) is 14.2 Å². The maximum atomic E-state index is 10.5. The Bertz CT molecular complexity index is 240. The van der Waals surface area contributed by atoms with Gasteiger partial charge in [-0.2, -0.15) is 10.4 Å². The average Bonchev–Trinajstić information content (AvgIpc) is 2.10. The van der Waals surface area contributed by atoms with Gasteiger partial charge in [-0.1, -0.05) is 0 Å². The molecule has 12 heavy (non-hydrogen) atoms. The molecule has 0 radical (unpaired) electrons. The molecule has 5 heteroatoms. The molecule has 0 heterocycles. The molecule has 0 atom stereocenters. The quantitative estimate of drug-likeness (QED) is 0.259. The second-order valence-corrected chi connectivity index (χ2v) is 1.79. The predicted molar refractivity (Wildman–Crippen MR) is 43.0 cm³/mol. The van der Waals surface area contributed by atoms with Crippen LogP contribution < -0.4 is 0 Å². The van der Waals surface area contributed by atoms with Gasteiger partial charge >= 0.3 is 5.97 Å². The third-order valence-electron chi connectivity index (χ3n) is 0.911. The van der Waals surface area contributed by atoms with Crippen LogP contribution in [0, 0.1) is 11.3 Å². The van der Waals surface area contributed by atoms with Crippen molar-refractivity contribution in [1.29, 1.82) is 5.26 Å². The lowest BCUT2D eigenvalue weighted by atomic mass is 10.7. The lowest BCUT2D eigenvalue weighted by molar-refractivity contribution is -0.132. The molecule has 0 aromatic rings. The van der Waals surface area contributed by atoms with E-state index in [9.17, 15) is 4.79 Å². The number of hydrazone groups is 1. The zero-order valence-corrected chi connectivity index (χ0v) is 6.89. The average molecular weight is 167 g/mol. The molecule has 0 aromatic carbocycles. The highest BCUT2D eigenvalue weighted by Gasteiger charge is 1.91. The van der Waals surface area contributed by atoms with Gasteiger partial charge in [-0.15, -0.1) is 0 Å². The van der Waals surface area contributed by atoms with E-state index in [2.05, 4.69) is 9.84 Å². The van der Waals surface area contributed by atoms with Gasteiger partial charge in [0.15, 0.2) is 0 Å². The maximum absolute atomic E-state index is 10.5. The molecule has 0 spiro atoms. The van der Waals surface area contributed by atoms with Gasteiger partial charge in [-0.25, -0.2) is 4.79 Å². The van der Waals surface area contributed by atoms with Gasteiger partial charge < -0.3 is 4.74 Å². The summed E-state index contributed by atoms with van der Waals surface area (Å²) in [5.41, 5.74) is 0. The van der Waals surface area contributed by atoms with Crippen LogP contribution >= 0.6 is 0 Å². The van der Waals surface area contributed by atoms with E-state index in [0.29, 0.717) is 0 Å². The van der Waals surface area contributed by atoms with Crippen LogP contribution in [-0.4, -0.2) is 31.4 Å². The third-order valence-corrected chi connectivity index (χ3v) is 0.911. The highest BCUT2D eigenvalue weighted by atomic mass is 16.5. The summed E-state index contributed by atoms with van der Waals surface area (Å²) < 4.78 is 4.30. The minimum atomic E-state index is -0.535. The zero-order valence-electron chi connectivity index (χ0n) is 6.89. The van der Waals surface area contributed by atoms with Crippen LogP contribution in [0.3, 0.4) is 0 Å². The summed E-state index contributed by atoms with van der Waals surface area (Å²) in [5, 5.41) is 13.1. The van der Waals surface area contributed by atoms with Crippen LogP contribution in [0.1, 0.15) is 0 Å². The molecule has 0 aliphatic heterocycles. The van der Waals surface area contributed by atoms with Crippen molar-refractivity contribution in [1.82, 2.24) is 5.01 Å². The topological polar surface area (TPSA) is 65.7 Å². The zero-order chi connectivity index (χ0) is 9.40. The monoisotopic (exact) mass is 167 g/mol. The van der Waals surface area contributed by atoms with Crippen molar-refractivity contribution in [3.63, 3.8) is 0 Å². The van der Waals surface area contributed by atoms with Crippen LogP contribution in [-0.2, 0) is 9.53 Å². The van der Waals surface area contributed by atoms with Crippen molar-refractivity contribution >= 4 is 12.2 Å². The molecular formula is C7H9N3O2. The van der Waals surface area contributed by atoms with Crippen LogP contribution in [0.5, 0.6) is 0 Å². The number of carbonyl (C=O) groups excluding carboxylic acids is 1. The molecule has 0 aromatic heterocycles. The van der Waals surface area contributed by atoms with E-state index in [1.165, 1.54) is 24.4 Å². The Morgan fingerprint density at radius 3 is 2.92 bits per heavy atom. The number of nitriles is 1. The van der Waals surface area contributed by atoms with Crippen LogP contribution in [0.2, 0.25) is 0 Å². The number of carbonyl (C=O) groups is 1. The lowest BCUT2D eigenvalue weighted by Crippen LogP contribution is -2.07. The molecule has 0 aliphatic carbocycles. The molecule has 0 saturated carbocycles. The number of allylic oxidation sites excluding steroid dienone is 1. The van der Waals surface area contributed by atoms with Gasteiger partial charge in [-0.05, 0) is 0 Å². The van der Waals surface area contributed by atoms with Crippen molar-refractivity contribution < 1.29 is 9.53 Å². The summed E-state index contributed by atoms with van der Waals surface area (Å²) in [4.78, 5) is 10.5. The van der Waals surface area contributed by atoms with E-state index >= 15 is 0 Å². The Kier molecular flexibility index (Phi) is 5.02. The van der Waals surface area contributed by atoms with E-state index in [-0.39, 0.29) is 0 Å². The number of methoxy groups -OCH3 is 1. The Hall–Kier alpha value is -1.83. The van der Waals surface area contributed by atoms with Crippen LogP contribution in [0.25, 0.3) is 0 Å². The molecule has 0 amide bonds. The second-order valence-electron chi connectivity index (χ2n) is 1.79. The Morgan fingerprint density at radius 2 is 2.42 bits per heavy atom. The van der Waals surface area contributed by atoms with E-state index in [1.54, 1.807) is 13.1 Å². The second kappa shape index (κ2) is 5.92. The van der Waals surface area contributed by atoms with Crippen molar-refractivity contribution in [3.05, 3.63) is 12.3 Å². The SMILES string of the molecule is COC(=O)C=NN(C)C=CC#N. The minimum absolute atomic E-state index is 0.535. The Labute approximate surface area is 70.5 Å². The number of hydrogen-bond donors (Lipinski definition) is 0. The third kappa shape index (κ3) is 4.99. The van der Waals surface area contributed by atoms with Gasteiger partial charge in [0.1, 0.15) is 6.21 Å². The molecule has 0 saturated heterocycles. The Balaban J connectivity index is 3.92. The van der Waals surface area contributed by atoms with Crippen LogP contribution in [0.15, 0.2) is 17.4 Å². The fourth-order valence-corrected chi connectivity index (χ4v) is 0.371. The summed E-state index contributed by atoms with van der Waals surface area (Å²) in [5.74, 6) is -0.535. The normalized spacial score (nSPS) is 10.1. The first kappa shape index (κ1) is 10.2. The predicted octanol–water partition coefficient (Wildman–Crippen LogP) is 0.114. The molecule has 0 aliphatic rings. The van der Waals surface area contributed by atoms with E-state index in [1.807, 2.05) is 0 Å². The molecule has 5 nitrogen and oxygen atoms in total. The van der Waals surface area contributed by atoms with E-state index in [4.69, 9.17) is 5.26 Å². The molecule has 64 valence electrons. The van der Waals surface area contributed by atoms with Crippen molar-refractivity contribution in [3.8, 4) is 6.07 Å². The molecule has 0 unspecified atom stereocenters. The number of ether oxygens (including phenoxy) is 1. The first-order chi connectivity index (χ1) is 5.70. The Morgan fingerprint density at radius 1 is 1.75 bits per heavy atom. The first-order valence-electron chi connectivity index (χ1n) is 3.11. The van der Waals surface area contributed by atoms with E-state index < -0.39 is 5.97 Å². The van der Waals surface area contributed by atoms with Crippen molar-refractivity contribution in [2.45, 2.75) is 0 Å². The van der Waals surface area contributed by atoms with Gasteiger partial charge in [-0.3, -0.25) is 5.01 Å². The smallest absolute Gasteiger partial charge is 0.350 e. The summed E-state index contributed by atoms with van der Waals surface area (Å²) in [6.07, 6.45) is 3.68. The number of rotatable bonds is 3. The molecule has 0 rings (SSSR count). The van der Waals surface area contributed by atoms with Crippen LogP contribution in [0.4, 0.5) is 0 Å². The van der Waals surface area contributed by atoms with Gasteiger partial charge in [0.25, 0.3) is 0 Å². The minimum Gasteiger partial charge on any atom is -0.465 e. The number of hydrogen-bond acceptors (Lipinski definition) is 5. The number of nitrogens with zero attached hydrogens (tertiary/aromatic N) is 3. The lowest BCUT2D eigenvalue weighted by Gasteiger charge is -2.02. The molecular weight excluding hydrogens is 158 g/mol. The standard InChI is InChI=1S/C7H9N3O2/c1-10(5-3-4-8)9-6-7(11)12-2/h3,5-6H,1-2H3. The van der Waals surface area contributed by atoms with Crippen molar-refractivity contribution in [2.24, 2.45) is 5.10 Å². The maximum Gasteiger partial charge on any atom is 0.350 e. The summed E-state index contributed by atoms with van der Waals surface area (Å²) >= 11 is 0. The van der Waals surface area contributed by atoms with Gasteiger partial charge in [0, 0.05) is 19.3 Å². The molecule has 0 N–H and O–H groups in total. The first-order valence-corrected chi connectivity index (χ1v) is 3.11. The number of esters is 1. The highest BCUT2D eigenvalue weighted by molar-refractivity contribution is 6.22. The summed E-state index contributed by atoms with van der Waals surface area (Å²) in [7, 11) is 2.85. The highest BCUT2D eigenvalue weighted by Crippen LogP contribution is 1.83. The van der Waals surface area contributed by atoms with Gasteiger partial charge in [0.05, 0.1) is 13.2 Å². The molecule has 0 bridgehead atoms. The fraction of sp³-hybridized carbons (Fsp3) is 0.286. The van der Waals surface area contributed by atoms with E-state index in [0.717, 1.165) is 6.21 Å². The molecule has 0 fully saturated rings. The fourth-order valence-electron chi connectivity index (χ4n) is 0.371.